The minimum absolute atomic E-state index is 0.140. The van der Waals surface area contributed by atoms with Crippen LogP contribution in [0.4, 0.5) is 0 Å². The number of likely N-dealkylation sites (N-methyl/N-ethyl adjacent to an activating group) is 1. The number of nitrogens with zero attached hydrogens (tertiary/aromatic N) is 2. The van der Waals surface area contributed by atoms with Crippen LogP contribution in [0.25, 0.3) is 0 Å². The Balaban J connectivity index is 1.88. The molecular weight excluding hydrogens is 321 g/mol. The fourth-order valence-electron chi connectivity index (χ4n) is 2.46. The van der Waals surface area contributed by atoms with E-state index in [0.29, 0.717) is 16.6 Å². The molecule has 1 aromatic rings. The van der Waals surface area contributed by atoms with E-state index in [0.717, 1.165) is 18.4 Å². The fourth-order valence-corrected chi connectivity index (χ4v) is 2.78. The van der Waals surface area contributed by atoms with Crippen LogP contribution in [0, 0.1) is 17.2 Å². The molecule has 1 amide bonds. The topological polar surface area (TPSA) is 56.1 Å². The van der Waals surface area contributed by atoms with Crippen LogP contribution in [0.2, 0.25) is 10.0 Å². The van der Waals surface area contributed by atoms with Crippen LogP contribution in [0.1, 0.15) is 25.3 Å². The number of rotatable bonds is 6. The van der Waals surface area contributed by atoms with Crippen LogP contribution in [0.15, 0.2) is 18.2 Å². The molecule has 118 valence electrons. The Bertz CT molecular complexity index is 610. The van der Waals surface area contributed by atoms with Crippen LogP contribution in [0.5, 0.6) is 0 Å². The lowest BCUT2D eigenvalue weighted by molar-refractivity contribution is -0.123. The second kappa shape index (κ2) is 6.87. The van der Waals surface area contributed by atoms with E-state index in [1.165, 1.54) is 0 Å². The van der Waals surface area contributed by atoms with Gasteiger partial charge in [0.1, 0.15) is 5.54 Å². The van der Waals surface area contributed by atoms with Gasteiger partial charge in [-0.15, -0.1) is 0 Å². The van der Waals surface area contributed by atoms with Crippen molar-refractivity contribution >= 4 is 29.1 Å². The quantitative estimate of drug-likeness (QED) is 0.865. The number of halogens is 2. The monoisotopic (exact) mass is 339 g/mol. The molecule has 1 fully saturated rings. The van der Waals surface area contributed by atoms with Gasteiger partial charge in [-0.3, -0.25) is 9.69 Å². The average Bonchev–Trinajstić information content (AvgIpc) is 3.27. The molecule has 0 bridgehead atoms. The second-order valence-corrected chi connectivity index (χ2v) is 6.87. The number of hydrogen-bond acceptors (Lipinski definition) is 3. The maximum Gasteiger partial charge on any atom is 0.235 e. The normalized spacial score (nSPS) is 16.9. The first-order valence-electron chi connectivity index (χ1n) is 7.19. The highest BCUT2D eigenvalue weighted by atomic mass is 35.5. The summed E-state index contributed by atoms with van der Waals surface area (Å²) in [6.07, 6.45) is 2.01. The minimum Gasteiger partial charge on any atom is -0.337 e. The number of nitrogens with one attached hydrogen (secondary N) is 1. The molecule has 1 saturated carbocycles. The number of nitriles is 1. The highest BCUT2D eigenvalue weighted by molar-refractivity contribution is 6.42. The van der Waals surface area contributed by atoms with Gasteiger partial charge in [-0.1, -0.05) is 29.3 Å². The summed E-state index contributed by atoms with van der Waals surface area (Å²) in [5.41, 5.74) is 0.233. The lowest BCUT2D eigenvalue weighted by Crippen LogP contribution is -2.49. The van der Waals surface area contributed by atoms with Gasteiger partial charge in [-0.2, -0.15) is 5.26 Å². The van der Waals surface area contributed by atoms with Crippen molar-refractivity contribution in [1.29, 1.82) is 5.26 Å². The van der Waals surface area contributed by atoms with Crippen LogP contribution in [0.3, 0.4) is 0 Å². The smallest absolute Gasteiger partial charge is 0.235 e. The first-order valence-corrected chi connectivity index (χ1v) is 7.94. The number of carbonyl (C=O) groups excluding carboxylic acids is 1. The Morgan fingerprint density at radius 3 is 2.68 bits per heavy atom. The van der Waals surface area contributed by atoms with Gasteiger partial charge in [0.2, 0.25) is 5.91 Å². The first kappa shape index (κ1) is 17.1. The molecule has 0 saturated heterocycles. The predicted octanol–water partition coefficient (Wildman–Crippen LogP) is 3.23. The summed E-state index contributed by atoms with van der Waals surface area (Å²) in [6, 6.07) is 7.64. The van der Waals surface area contributed by atoms with Gasteiger partial charge in [0.15, 0.2) is 0 Å². The predicted molar refractivity (Wildman–Crippen MR) is 87.7 cm³/mol. The molecule has 1 aromatic carbocycles. The maximum atomic E-state index is 12.1. The van der Waals surface area contributed by atoms with Crippen molar-refractivity contribution in [3.05, 3.63) is 33.8 Å². The maximum absolute atomic E-state index is 12.1. The number of carbonyl (C=O) groups is 1. The summed E-state index contributed by atoms with van der Waals surface area (Å²) in [4.78, 5) is 14.0. The molecule has 1 aliphatic carbocycles. The molecule has 22 heavy (non-hydrogen) atoms. The van der Waals surface area contributed by atoms with Gasteiger partial charge in [-0.05, 0) is 50.4 Å². The third kappa shape index (κ3) is 4.36. The molecule has 1 aliphatic rings. The average molecular weight is 340 g/mol. The lowest BCUT2D eigenvalue weighted by atomic mass is 9.98. The number of benzene rings is 1. The fraction of sp³-hybridized carbons (Fsp3) is 0.500. The van der Waals surface area contributed by atoms with E-state index in [4.69, 9.17) is 23.2 Å². The van der Waals surface area contributed by atoms with E-state index in [1.54, 1.807) is 19.1 Å². The van der Waals surface area contributed by atoms with Gasteiger partial charge >= 0.3 is 0 Å². The zero-order valence-corrected chi connectivity index (χ0v) is 14.2. The Hall–Kier alpha value is -1.28. The second-order valence-electron chi connectivity index (χ2n) is 6.06. The molecule has 1 atom stereocenters. The Kier molecular flexibility index (Phi) is 5.33. The van der Waals surface area contributed by atoms with E-state index < -0.39 is 5.54 Å². The molecule has 2 rings (SSSR count). The SMILES string of the molecule is CN(CC(=O)N[C@@](C)(C#N)C1CC1)Cc1ccc(Cl)c(Cl)c1. The zero-order chi connectivity index (χ0) is 16.3. The Morgan fingerprint density at radius 1 is 1.45 bits per heavy atom. The number of amides is 1. The van der Waals surface area contributed by atoms with Gasteiger partial charge in [0.25, 0.3) is 0 Å². The van der Waals surface area contributed by atoms with Gasteiger partial charge in [0.05, 0.1) is 22.7 Å². The van der Waals surface area contributed by atoms with E-state index in [1.807, 2.05) is 18.0 Å². The molecule has 4 nitrogen and oxygen atoms in total. The van der Waals surface area contributed by atoms with Gasteiger partial charge in [0, 0.05) is 6.54 Å². The highest BCUT2D eigenvalue weighted by Gasteiger charge is 2.42. The van der Waals surface area contributed by atoms with Crippen molar-refractivity contribution in [3.63, 3.8) is 0 Å². The summed E-state index contributed by atoms with van der Waals surface area (Å²) < 4.78 is 0. The van der Waals surface area contributed by atoms with Crippen molar-refractivity contribution < 1.29 is 4.79 Å². The molecule has 0 spiro atoms. The first-order chi connectivity index (χ1) is 10.3. The number of hydrogen-bond donors (Lipinski definition) is 1. The van der Waals surface area contributed by atoms with E-state index in [9.17, 15) is 10.1 Å². The van der Waals surface area contributed by atoms with E-state index in [-0.39, 0.29) is 18.4 Å². The molecule has 0 aromatic heterocycles. The summed E-state index contributed by atoms with van der Waals surface area (Å²) in [6.45, 7) is 2.60. The van der Waals surface area contributed by atoms with Crippen LogP contribution in [-0.2, 0) is 11.3 Å². The summed E-state index contributed by atoms with van der Waals surface area (Å²) in [5, 5.41) is 13.1. The molecule has 0 radical (unpaired) electrons. The molecule has 6 heteroatoms. The van der Waals surface area contributed by atoms with Crippen molar-refractivity contribution in [2.45, 2.75) is 31.8 Å². The Morgan fingerprint density at radius 2 is 2.14 bits per heavy atom. The summed E-state index contributed by atoms with van der Waals surface area (Å²) in [5.74, 6) is 0.139. The van der Waals surface area contributed by atoms with Crippen LogP contribution >= 0.6 is 23.2 Å². The zero-order valence-electron chi connectivity index (χ0n) is 12.7. The van der Waals surface area contributed by atoms with E-state index >= 15 is 0 Å². The molecular formula is C16H19Cl2N3O. The van der Waals surface area contributed by atoms with Crippen molar-refractivity contribution in [3.8, 4) is 6.07 Å². The Labute approximate surface area is 141 Å². The third-order valence-corrected chi connectivity index (χ3v) is 4.61. The highest BCUT2D eigenvalue weighted by Crippen LogP contribution is 2.39. The van der Waals surface area contributed by atoms with Crippen molar-refractivity contribution in [2.75, 3.05) is 13.6 Å². The summed E-state index contributed by atoms with van der Waals surface area (Å²) >= 11 is 11.9. The van der Waals surface area contributed by atoms with Gasteiger partial charge in [-0.25, -0.2) is 0 Å². The van der Waals surface area contributed by atoms with Crippen molar-refractivity contribution in [1.82, 2.24) is 10.2 Å². The van der Waals surface area contributed by atoms with E-state index in [2.05, 4.69) is 11.4 Å². The minimum atomic E-state index is -0.749. The lowest BCUT2D eigenvalue weighted by Gasteiger charge is -2.25. The third-order valence-electron chi connectivity index (χ3n) is 3.88. The van der Waals surface area contributed by atoms with Crippen molar-refractivity contribution in [2.24, 2.45) is 5.92 Å². The molecule has 0 aliphatic heterocycles. The van der Waals surface area contributed by atoms with Crippen LogP contribution < -0.4 is 5.32 Å². The van der Waals surface area contributed by atoms with Gasteiger partial charge < -0.3 is 5.32 Å². The molecule has 0 unspecified atom stereocenters. The molecule has 0 heterocycles. The van der Waals surface area contributed by atoms with Crippen LogP contribution in [-0.4, -0.2) is 29.9 Å². The molecule has 1 N–H and O–H groups in total. The standard InChI is InChI=1S/C16H19Cl2N3O/c1-16(10-19,12-4-5-12)20-15(22)9-21(2)8-11-3-6-13(17)14(18)7-11/h3,6-7,12H,4-5,8-9H2,1-2H3,(H,20,22)/t16-/m0/s1. The largest absolute Gasteiger partial charge is 0.337 e. The summed E-state index contributed by atoms with van der Waals surface area (Å²) in [7, 11) is 1.85.